The van der Waals surface area contributed by atoms with E-state index in [0.29, 0.717) is 22.4 Å². The van der Waals surface area contributed by atoms with Crippen molar-refractivity contribution >= 4 is 11.6 Å². The standard InChI is InChI=1S/C13H19ClFN/c1-9(10(2)8-16-3)6-11-7-12(14)4-5-13(11)15/h4-5,7,9-10,16H,6,8H2,1-3H3. The molecule has 1 N–H and O–H groups in total. The van der Waals surface area contributed by atoms with Gasteiger partial charge in [0.15, 0.2) is 0 Å². The molecule has 90 valence electrons. The van der Waals surface area contributed by atoms with Gasteiger partial charge in [-0.1, -0.05) is 25.4 Å². The Labute approximate surface area is 102 Å². The van der Waals surface area contributed by atoms with Gasteiger partial charge in [-0.05, 0) is 55.6 Å². The van der Waals surface area contributed by atoms with Crippen LogP contribution in [0, 0.1) is 17.7 Å². The van der Waals surface area contributed by atoms with Crippen LogP contribution in [0.5, 0.6) is 0 Å². The Balaban J connectivity index is 2.68. The van der Waals surface area contributed by atoms with Crippen LogP contribution in [0.3, 0.4) is 0 Å². The molecule has 0 saturated carbocycles. The first kappa shape index (κ1) is 13.5. The van der Waals surface area contributed by atoms with Gasteiger partial charge < -0.3 is 5.32 Å². The van der Waals surface area contributed by atoms with Crippen molar-refractivity contribution in [3.05, 3.63) is 34.6 Å². The molecule has 1 nitrogen and oxygen atoms in total. The van der Waals surface area contributed by atoms with Gasteiger partial charge in [-0.25, -0.2) is 4.39 Å². The summed E-state index contributed by atoms with van der Waals surface area (Å²) >= 11 is 5.86. The zero-order valence-corrected chi connectivity index (χ0v) is 10.8. The van der Waals surface area contributed by atoms with Crippen molar-refractivity contribution in [3.8, 4) is 0 Å². The lowest BCUT2D eigenvalue weighted by atomic mass is 9.89. The average Bonchev–Trinajstić information content (AvgIpc) is 2.23. The molecule has 3 heteroatoms. The highest BCUT2D eigenvalue weighted by atomic mass is 35.5. The van der Waals surface area contributed by atoms with Crippen molar-refractivity contribution in [2.45, 2.75) is 20.3 Å². The summed E-state index contributed by atoms with van der Waals surface area (Å²) in [6, 6.07) is 4.74. The van der Waals surface area contributed by atoms with Crippen molar-refractivity contribution < 1.29 is 4.39 Å². The number of rotatable bonds is 5. The SMILES string of the molecule is CNCC(C)C(C)Cc1cc(Cl)ccc1F. The maximum absolute atomic E-state index is 13.5. The van der Waals surface area contributed by atoms with Crippen LogP contribution in [-0.4, -0.2) is 13.6 Å². The minimum atomic E-state index is -0.159. The maximum atomic E-state index is 13.5. The van der Waals surface area contributed by atoms with Crippen LogP contribution in [0.15, 0.2) is 18.2 Å². The summed E-state index contributed by atoms with van der Waals surface area (Å²) in [7, 11) is 1.93. The Hall–Kier alpha value is -0.600. The van der Waals surface area contributed by atoms with Crippen LogP contribution in [0.4, 0.5) is 4.39 Å². The summed E-state index contributed by atoms with van der Waals surface area (Å²) in [5.74, 6) is 0.789. The van der Waals surface area contributed by atoms with Crippen molar-refractivity contribution in [3.63, 3.8) is 0 Å². The van der Waals surface area contributed by atoms with Gasteiger partial charge in [0.05, 0.1) is 0 Å². The third kappa shape index (κ3) is 3.76. The lowest BCUT2D eigenvalue weighted by Crippen LogP contribution is -2.23. The third-order valence-electron chi connectivity index (χ3n) is 3.05. The Bertz CT molecular complexity index is 341. The highest BCUT2D eigenvalue weighted by Gasteiger charge is 2.14. The van der Waals surface area contributed by atoms with Crippen LogP contribution in [0.2, 0.25) is 5.02 Å². The second kappa shape index (κ2) is 6.21. The zero-order valence-electron chi connectivity index (χ0n) is 10.1. The van der Waals surface area contributed by atoms with E-state index in [1.54, 1.807) is 12.1 Å². The van der Waals surface area contributed by atoms with Crippen LogP contribution in [-0.2, 0) is 6.42 Å². The van der Waals surface area contributed by atoms with E-state index in [1.165, 1.54) is 6.07 Å². The molecule has 1 rings (SSSR count). The molecule has 2 unspecified atom stereocenters. The normalized spacial score (nSPS) is 14.8. The molecule has 0 aromatic heterocycles. The summed E-state index contributed by atoms with van der Waals surface area (Å²) in [5.41, 5.74) is 0.711. The van der Waals surface area contributed by atoms with E-state index in [0.717, 1.165) is 13.0 Å². The van der Waals surface area contributed by atoms with Crippen molar-refractivity contribution in [2.75, 3.05) is 13.6 Å². The van der Waals surface area contributed by atoms with Gasteiger partial charge in [0, 0.05) is 5.02 Å². The summed E-state index contributed by atoms with van der Waals surface area (Å²) < 4.78 is 13.5. The lowest BCUT2D eigenvalue weighted by molar-refractivity contribution is 0.370. The van der Waals surface area contributed by atoms with Gasteiger partial charge in [-0.15, -0.1) is 0 Å². The number of hydrogen-bond donors (Lipinski definition) is 1. The predicted octanol–water partition coefficient (Wildman–Crippen LogP) is 3.51. The molecule has 0 aliphatic carbocycles. The fourth-order valence-electron chi connectivity index (χ4n) is 1.77. The van der Waals surface area contributed by atoms with Crippen molar-refractivity contribution in [1.29, 1.82) is 0 Å². The van der Waals surface area contributed by atoms with Gasteiger partial charge in [-0.2, -0.15) is 0 Å². The molecule has 0 aliphatic heterocycles. The fourth-order valence-corrected chi connectivity index (χ4v) is 1.97. The molecule has 0 heterocycles. The number of halogens is 2. The van der Waals surface area contributed by atoms with E-state index in [4.69, 9.17) is 11.6 Å². The smallest absolute Gasteiger partial charge is 0.126 e. The van der Waals surface area contributed by atoms with Gasteiger partial charge in [0.2, 0.25) is 0 Å². The highest BCUT2D eigenvalue weighted by molar-refractivity contribution is 6.30. The number of benzene rings is 1. The predicted molar refractivity (Wildman–Crippen MR) is 67.4 cm³/mol. The van der Waals surface area contributed by atoms with E-state index in [-0.39, 0.29) is 5.82 Å². The highest BCUT2D eigenvalue weighted by Crippen LogP contribution is 2.21. The quantitative estimate of drug-likeness (QED) is 0.835. The molecule has 0 amide bonds. The molecule has 2 atom stereocenters. The van der Waals surface area contributed by atoms with Crippen molar-refractivity contribution in [2.24, 2.45) is 11.8 Å². The minimum absolute atomic E-state index is 0.159. The second-order valence-corrected chi connectivity index (χ2v) is 4.89. The van der Waals surface area contributed by atoms with Crippen LogP contribution >= 0.6 is 11.6 Å². The monoisotopic (exact) mass is 243 g/mol. The molecule has 0 bridgehead atoms. The molecule has 0 saturated heterocycles. The first-order valence-electron chi connectivity index (χ1n) is 5.63. The number of hydrogen-bond acceptors (Lipinski definition) is 1. The molecule has 0 spiro atoms. The zero-order chi connectivity index (χ0) is 12.1. The minimum Gasteiger partial charge on any atom is -0.319 e. The third-order valence-corrected chi connectivity index (χ3v) is 3.28. The first-order chi connectivity index (χ1) is 7.54. The topological polar surface area (TPSA) is 12.0 Å². The molecule has 1 aromatic carbocycles. The van der Waals surface area contributed by atoms with Crippen LogP contribution in [0.25, 0.3) is 0 Å². The molecule has 0 fully saturated rings. The van der Waals surface area contributed by atoms with Crippen LogP contribution < -0.4 is 5.32 Å². The summed E-state index contributed by atoms with van der Waals surface area (Å²) in [6.07, 6.45) is 0.731. The van der Waals surface area contributed by atoms with Gasteiger partial charge >= 0.3 is 0 Å². The molecule has 0 aliphatic rings. The van der Waals surface area contributed by atoms with Gasteiger partial charge in [-0.3, -0.25) is 0 Å². The second-order valence-electron chi connectivity index (χ2n) is 4.45. The maximum Gasteiger partial charge on any atom is 0.126 e. The molecule has 1 aromatic rings. The summed E-state index contributed by atoms with van der Waals surface area (Å²) in [5, 5.41) is 3.74. The first-order valence-corrected chi connectivity index (χ1v) is 6.01. The lowest BCUT2D eigenvalue weighted by Gasteiger charge is -2.19. The molecule has 16 heavy (non-hydrogen) atoms. The van der Waals surface area contributed by atoms with E-state index in [1.807, 2.05) is 7.05 Å². The van der Waals surface area contributed by atoms with E-state index >= 15 is 0 Å². The van der Waals surface area contributed by atoms with E-state index < -0.39 is 0 Å². The average molecular weight is 244 g/mol. The van der Waals surface area contributed by atoms with Gasteiger partial charge in [0.25, 0.3) is 0 Å². The van der Waals surface area contributed by atoms with Crippen molar-refractivity contribution in [1.82, 2.24) is 5.32 Å². The van der Waals surface area contributed by atoms with Gasteiger partial charge in [0.1, 0.15) is 5.82 Å². The summed E-state index contributed by atoms with van der Waals surface area (Å²) in [4.78, 5) is 0. The molecular formula is C13H19ClFN. The molecule has 0 radical (unpaired) electrons. The Kier molecular flexibility index (Phi) is 5.23. The number of nitrogens with one attached hydrogen (secondary N) is 1. The Morgan fingerprint density at radius 3 is 2.62 bits per heavy atom. The Morgan fingerprint density at radius 2 is 2.00 bits per heavy atom. The summed E-state index contributed by atoms with van der Waals surface area (Å²) in [6.45, 7) is 5.26. The fraction of sp³-hybridized carbons (Fsp3) is 0.538. The van der Waals surface area contributed by atoms with E-state index in [2.05, 4.69) is 19.2 Å². The molecular weight excluding hydrogens is 225 g/mol. The van der Waals surface area contributed by atoms with E-state index in [9.17, 15) is 4.39 Å². The Morgan fingerprint density at radius 1 is 1.31 bits per heavy atom. The van der Waals surface area contributed by atoms with Crippen LogP contribution in [0.1, 0.15) is 19.4 Å². The largest absolute Gasteiger partial charge is 0.319 e.